The van der Waals surface area contributed by atoms with E-state index in [4.69, 9.17) is 11.6 Å². The standard InChI is InChI=1S/C11H13BrClN/c1-11(6-3-7-14-11)10-8(12)4-2-5-9(10)13/h2,4-5,14H,3,6-7H2,1H3. The van der Waals surface area contributed by atoms with Crippen molar-refractivity contribution in [3.8, 4) is 0 Å². The zero-order valence-electron chi connectivity index (χ0n) is 8.11. The van der Waals surface area contributed by atoms with E-state index < -0.39 is 0 Å². The average molecular weight is 275 g/mol. The van der Waals surface area contributed by atoms with Crippen LogP contribution in [-0.2, 0) is 5.54 Å². The van der Waals surface area contributed by atoms with Crippen molar-refractivity contribution in [1.29, 1.82) is 0 Å². The molecule has 1 unspecified atom stereocenters. The lowest BCUT2D eigenvalue weighted by atomic mass is 9.90. The van der Waals surface area contributed by atoms with Gasteiger partial charge in [-0.15, -0.1) is 0 Å². The van der Waals surface area contributed by atoms with Crippen LogP contribution in [0.25, 0.3) is 0 Å². The van der Waals surface area contributed by atoms with Crippen molar-refractivity contribution < 1.29 is 0 Å². The maximum atomic E-state index is 6.23. The fourth-order valence-electron chi connectivity index (χ4n) is 2.13. The summed E-state index contributed by atoms with van der Waals surface area (Å²) in [5.74, 6) is 0. The average Bonchev–Trinajstić information content (AvgIpc) is 2.52. The van der Waals surface area contributed by atoms with E-state index in [2.05, 4.69) is 28.2 Å². The molecule has 14 heavy (non-hydrogen) atoms. The highest BCUT2D eigenvalue weighted by Gasteiger charge is 2.33. The van der Waals surface area contributed by atoms with Crippen LogP contribution in [-0.4, -0.2) is 6.54 Å². The SMILES string of the molecule is CC1(c2c(Cl)cccc2Br)CCCN1. The molecule has 1 atom stereocenters. The second kappa shape index (κ2) is 3.84. The lowest BCUT2D eigenvalue weighted by Crippen LogP contribution is -2.33. The van der Waals surface area contributed by atoms with Crippen LogP contribution in [0.3, 0.4) is 0 Å². The molecule has 1 aliphatic rings. The molecule has 2 rings (SSSR count). The Hall–Kier alpha value is -0.0500. The van der Waals surface area contributed by atoms with Gasteiger partial charge < -0.3 is 5.32 Å². The number of halogens is 2. The van der Waals surface area contributed by atoms with Gasteiger partial charge in [-0.25, -0.2) is 0 Å². The molecule has 0 spiro atoms. The molecular weight excluding hydrogens is 261 g/mol. The van der Waals surface area contributed by atoms with Gasteiger partial charge in [0.25, 0.3) is 0 Å². The van der Waals surface area contributed by atoms with Crippen LogP contribution in [0.2, 0.25) is 5.02 Å². The lowest BCUT2D eigenvalue weighted by Gasteiger charge is -2.27. The lowest BCUT2D eigenvalue weighted by molar-refractivity contribution is 0.433. The summed E-state index contributed by atoms with van der Waals surface area (Å²) >= 11 is 9.80. The maximum Gasteiger partial charge on any atom is 0.0467 e. The smallest absolute Gasteiger partial charge is 0.0467 e. The monoisotopic (exact) mass is 273 g/mol. The summed E-state index contributed by atoms with van der Waals surface area (Å²) in [5, 5.41) is 4.36. The largest absolute Gasteiger partial charge is 0.308 e. The highest BCUT2D eigenvalue weighted by Crippen LogP contribution is 2.39. The Labute approximate surface area is 98.0 Å². The Kier molecular flexibility index (Phi) is 2.87. The molecule has 0 aliphatic carbocycles. The highest BCUT2D eigenvalue weighted by molar-refractivity contribution is 9.10. The molecule has 0 radical (unpaired) electrons. The summed E-state index contributed by atoms with van der Waals surface area (Å²) in [5.41, 5.74) is 1.23. The second-order valence-corrected chi connectivity index (χ2v) is 5.22. The van der Waals surface area contributed by atoms with Gasteiger partial charge in [0.2, 0.25) is 0 Å². The van der Waals surface area contributed by atoms with Crippen LogP contribution in [0.15, 0.2) is 22.7 Å². The van der Waals surface area contributed by atoms with Gasteiger partial charge in [0.1, 0.15) is 0 Å². The van der Waals surface area contributed by atoms with E-state index in [1.54, 1.807) is 0 Å². The quantitative estimate of drug-likeness (QED) is 0.823. The van der Waals surface area contributed by atoms with Gasteiger partial charge in [0.15, 0.2) is 0 Å². The molecule has 1 N–H and O–H groups in total. The third kappa shape index (κ3) is 1.71. The fraction of sp³-hybridized carbons (Fsp3) is 0.455. The minimum atomic E-state index is 0.0389. The van der Waals surface area contributed by atoms with E-state index in [9.17, 15) is 0 Å². The van der Waals surface area contributed by atoms with Crippen molar-refractivity contribution in [2.75, 3.05) is 6.54 Å². The van der Waals surface area contributed by atoms with E-state index in [-0.39, 0.29) is 5.54 Å². The molecule has 0 amide bonds. The summed E-state index contributed by atoms with van der Waals surface area (Å²) in [6, 6.07) is 5.97. The second-order valence-electron chi connectivity index (χ2n) is 3.96. The molecule has 1 fully saturated rings. The summed E-state index contributed by atoms with van der Waals surface area (Å²) in [6.07, 6.45) is 2.36. The zero-order chi connectivity index (χ0) is 10.2. The third-order valence-electron chi connectivity index (χ3n) is 2.88. The molecule has 0 aromatic heterocycles. The van der Waals surface area contributed by atoms with Gasteiger partial charge in [-0.2, -0.15) is 0 Å². The number of benzene rings is 1. The summed E-state index contributed by atoms with van der Waals surface area (Å²) in [6.45, 7) is 3.29. The van der Waals surface area contributed by atoms with Crippen LogP contribution in [0.4, 0.5) is 0 Å². The predicted molar refractivity (Wildman–Crippen MR) is 63.7 cm³/mol. The molecule has 1 saturated heterocycles. The molecular formula is C11H13BrClN. The Bertz CT molecular complexity index is 325. The van der Waals surface area contributed by atoms with Crippen LogP contribution >= 0.6 is 27.5 Å². The van der Waals surface area contributed by atoms with Gasteiger partial charge in [0.05, 0.1) is 0 Å². The first-order chi connectivity index (χ1) is 6.63. The van der Waals surface area contributed by atoms with Gasteiger partial charge in [0, 0.05) is 20.6 Å². The van der Waals surface area contributed by atoms with Crippen LogP contribution in [0, 0.1) is 0 Å². The maximum absolute atomic E-state index is 6.23. The Morgan fingerprint density at radius 3 is 2.86 bits per heavy atom. The van der Waals surface area contributed by atoms with Crippen LogP contribution < -0.4 is 5.32 Å². The van der Waals surface area contributed by atoms with Gasteiger partial charge in [-0.1, -0.05) is 33.6 Å². The van der Waals surface area contributed by atoms with Crippen molar-refractivity contribution in [3.05, 3.63) is 33.3 Å². The Balaban J connectivity index is 2.49. The van der Waals surface area contributed by atoms with Gasteiger partial charge in [-0.3, -0.25) is 0 Å². The minimum absolute atomic E-state index is 0.0389. The molecule has 76 valence electrons. The number of nitrogens with one attached hydrogen (secondary N) is 1. The van der Waals surface area contributed by atoms with Crippen LogP contribution in [0.1, 0.15) is 25.3 Å². The molecule has 1 heterocycles. The van der Waals surface area contributed by atoms with Crippen molar-refractivity contribution in [1.82, 2.24) is 5.32 Å². The van der Waals surface area contributed by atoms with Gasteiger partial charge >= 0.3 is 0 Å². The minimum Gasteiger partial charge on any atom is -0.308 e. The first-order valence-electron chi connectivity index (χ1n) is 4.83. The molecule has 1 aromatic carbocycles. The third-order valence-corrected chi connectivity index (χ3v) is 3.86. The molecule has 3 heteroatoms. The van der Waals surface area contributed by atoms with Crippen molar-refractivity contribution in [3.63, 3.8) is 0 Å². The van der Waals surface area contributed by atoms with E-state index in [1.807, 2.05) is 18.2 Å². The Morgan fingerprint density at radius 2 is 2.29 bits per heavy atom. The topological polar surface area (TPSA) is 12.0 Å². The van der Waals surface area contributed by atoms with Gasteiger partial charge in [-0.05, 0) is 38.4 Å². The van der Waals surface area contributed by atoms with E-state index in [1.165, 1.54) is 12.0 Å². The molecule has 0 bridgehead atoms. The van der Waals surface area contributed by atoms with Crippen LogP contribution in [0.5, 0.6) is 0 Å². The summed E-state index contributed by atoms with van der Waals surface area (Å²) < 4.78 is 1.10. The Morgan fingerprint density at radius 1 is 1.50 bits per heavy atom. The normalized spacial score (nSPS) is 26.8. The summed E-state index contributed by atoms with van der Waals surface area (Å²) in [4.78, 5) is 0. The summed E-state index contributed by atoms with van der Waals surface area (Å²) in [7, 11) is 0. The molecule has 0 saturated carbocycles. The van der Waals surface area contributed by atoms with E-state index >= 15 is 0 Å². The number of hydrogen-bond donors (Lipinski definition) is 1. The first-order valence-corrected chi connectivity index (χ1v) is 6.00. The van der Waals surface area contributed by atoms with E-state index in [0.29, 0.717) is 0 Å². The fourth-order valence-corrected chi connectivity index (χ4v) is 3.43. The first kappa shape index (κ1) is 10.5. The number of rotatable bonds is 1. The zero-order valence-corrected chi connectivity index (χ0v) is 10.5. The highest BCUT2D eigenvalue weighted by atomic mass is 79.9. The van der Waals surface area contributed by atoms with Crippen molar-refractivity contribution >= 4 is 27.5 Å². The number of hydrogen-bond acceptors (Lipinski definition) is 1. The molecule has 1 nitrogen and oxygen atoms in total. The molecule has 1 aliphatic heterocycles. The molecule has 1 aromatic rings. The van der Waals surface area contributed by atoms with Crippen molar-refractivity contribution in [2.24, 2.45) is 0 Å². The predicted octanol–water partition coefficient (Wildman–Crippen LogP) is 3.70. The van der Waals surface area contributed by atoms with Crippen molar-refractivity contribution in [2.45, 2.75) is 25.3 Å². The van der Waals surface area contributed by atoms with E-state index in [0.717, 1.165) is 22.5 Å².